The summed E-state index contributed by atoms with van der Waals surface area (Å²) in [6.07, 6.45) is 0. The van der Waals surface area contributed by atoms with Gasteiger partial charge in [-0.05, 0) is 31.0 Å². The van der Waals surface area contributed by atoms with E-state index < -0.39 is 6.04 Å². The zero-order valence-electron chi connectivity index (χ0n) is 8.21. The van der Waals surface area contributed by atoms with Gasteiger partial charge in [0.2, 0.25) is 0 Å². The molecule has 4 heteroatoms. The average molecular weight is 216 g/mol. The van der Waals surface area contributed by atoms with Crippen LogP contribution in [-0.2, 0) is 0 Å². The Balaban J connectivity index is 3.36. The molecule has 1 aromatic carbocycles. The van der Waals surface area contributed by atoms with E-state index in [4.69, 9.17) is 22.4 Å². The Labute approximate surface area is 88.1 Å². The summed E-state index contributed by atoms with van der Waals surface area (Å²) >= 11 is 6.01. The number of hydrogen-bond acceptors (Lipinski definition) is 3. The number of aliphatic hydroxyl groups excluding tert-OH is 1. The molecule has 1 aromatic rings. The third kappa shape index (κ3) is 1.85. The number of hydrogen-bond donors (Lipinski definition) is 3. The fourth-order valence-corrected chi connectivity index (χ4v) is 1.67. The van der Waals surface area contributed by atoms with Crippen molar-refractivity contribution >= 4 is 11.6 Å². The molecule has 3 nitrogen and oxygen atoms in total. The molecule has 0 saturated carbocycles. The Morgan fingerprint density at radius 3 is 2.57 bits per heavy atom. The van der Waals surface area contributed by atoms with E-state index in [9.17, 15) is 5.11 Å². The molecular weight excluding hydrogens is 202 g/mol. The molecule has 0 aromatic heterocycles. The van der Waals surface area contributed by atoms with Gasteiger partial charge in [0.25, 0.3) is 0 Å². The number of halogens is 1. The lowest BCUT2D eigenvalue weighted by Crippen LogP contribution is -2.16. The summed E-state index contributed by atoms with van der Waals surface area (Å²) in [6.45, 7) is 3.37. The minimum atomic E-state index is -0.590. The van der Waals surface area contributed by atoms with Gasteiger partial charge in [-0.3, -0.25) is 0 Å². The molecule has 4 N–H and O–H groups in total. The topological polar surface area (TPSA) is 66.5 Å². The highest BCUT2D eigenvalue weighted by molar-refractivity contribution is 6.32. The van der Waals surface area contributed by atoms with Crippen LogP contribution in [0.3, 0.4) is 0 Å². The SMILES string of the molecule is Cc1cc(O)c([C@@H](N)CO)c(C)c1Cl. The van der Waals surface area contributed by atoms with Crippen LogP contribution in [0, 0.1) is 13.8 Å². The fraction of sp³-hybridized carbons (Fsp3) is 0.400. The van der Waals surface area contributed by atoms with Crippen LogP contribution in [-0.4, -0.2) is 16.8 Å². The fourth-order valence-electron chi connectivity index (χ4n) is 1.51. The molecule has 0 radical (unpaired) electrons. The normalized spacial score (nSPS) is 12.9. The molecule has 1 atom stereocenters. The van der Waals surface area contributed by atoms with Gasteiger partial charge in [-0.15, -0.1) is 0 Å². The van der Waals surface area contributed by atoms with Crippen LogP contribution in [0.4, 0.5) is 0 Å². The highest BCUT2D eigenvalue weighted by atomic mass is 35.5. The molecule has 78 valence electrons. The van der Waals surface area contributed by atoms with E-state index in [2.05, 4.69) is 0 Å². The Morgan fingerprint density at radius 1 is 1.50 bits per heavy atom. The number of rotatable bonds is 2. The predicted octanol–water partition coefficient (Wildman–Crippen LogP) is 1.65. The van der Waals surface area contributed by atoms with E-state index >= 15 is 0 Å². The number of aromatic hydroxyl groups is 1. The summed E-state index contributed by atoms with van der Waals surface area (Å²) in [5.41, 5.74) is 7.69. The molecule has 0 saturated heterocycles. The second-order valence-corrected chi connectivity index (χ2v) is 3.73. The van der Waals surface area contributed by atoms with Crippen molar-refractivity contribution in [1.82, 2.24) is 0 Å². The summed E-state index contributed by atoms with van der Waals surface area (Å²) in [4.78, 5) is 0. The minimum absolute atomic E-state index is 0.0888. The van der Waals surface area contributed by atoms with Gasteiger partial charge >= 0.3 is 0 Å². The average Bonchev–Trinajstić information content (AvgIpc) is 2.14. The maximum absolute atomic E-state index is 9.65. The predicted molar refractivity (Wildman–Crippen MR) is 56.6 cm³/mol. The number of nitrogens with two attached hydrogens (primary N) is 1. The number of phenolic OH excluding ortho intramolecular Hbond substituents is 1. The minimum Gasteiger partial charge on any atom is -0.508 e. The monoisotopic (exact) mass is 215 g/mol. The van der Waals surface area contributed by atoms with Gasteiger partial charge in [-0.25, -0.2) is 0 Å². The van der Waals surface area contributed by atoms with E-state index in [1.54, 1.807) is 13.0 Å². The van der Waals surface area contributed by atoms with E-state index in [1.165, 1.54) is 0 Å². The van der Waals surface area contributed by atoms with Crippen molar-refractivity contribution < 1.29 is 10.2 Å². The first kappa shape index (κ1) is 11.3. The molecule has 0 heterocycles. The van der Waals surface area contributed by atoms with Crippen LogP contribution in [0.2, 0.25) is 5.02 Å². The molecule has 0 aliphatic rings. The Bertz CT molecular complexity index is 352. The van der Waals surface area contributed by atoms with Crippen LogP contribution in [0.1, 0.15) is 22.7 Å². The first-order chi connectivity index (χ1) is 6.49. The Kier molecular flexibility index (Phi) is 3.37. The number of phenols is 1. The third-order valence-corrected chi connectivity index (χ3v) is 2.86. The molecule has 0 bridgehead atoms. The van der Waals surface area contributed by atoms with Crippen molar-refractivity contribution in [2.45, 2.75) is 19.9 Å². The lowest BCUT2D eigenvalue weighted by molar-refractivity contribution is 0.265. The zero-order chi connectivity index (χ0) is 10.9. The van der Waals surface area contributed by atoms with Crippen LogP contribution in [0.15, 0.2) is 6.07 Å². The van der Waals surface area contributed by atoms with Gasteiger partial charge in [0, 0.05) is 10.6 Å². The first-order valence-corrected chi connectivity index (χ1v) is 4.71. The second-order valence-electron chi connectivity index (χ2n) is 3.35. The summed E-state index contributed by atoms with van der Waals surface area (Å²) < 4.78 is 0. The quantitative estimate of drug-likeness (QED) is 0.703. The first-order valence-electron chi connectivity index (χ1n) is 4.34. The molecule has 1 rings (SSSR count). The zero-order valence-corrected chi connectivity index (χ0v) is 8.97. The van der Waals surface area contributed by atoms with Crippen LogP contribution in [0.5, 0.6) is 5.75 Å². The molecule has 0 unspecified atom stereocenters. The van der Waals surface area contributed by atoms with Gasteiger partial charge in [0.1, 0.15) is 5.75 Å². The highest BCUT2D eigenvalue weighted by Gasteiger charge is 2.16. The summed E-state index contributed by atoms with van der Waals surface area (Å²) in [7, 11) is 0. The molecule has 0 aliphatic carbocycles. The van der Waals surface area contributed by atoms with Gasteiger partial charge in [0.05, 0.1) is 12.6 Å². The number of aryl methyl sites for hydroxylation is 1. The van der Waals surface area contributed by atoms with Crippen molar-refractivity contribution in [1.29, 1.82) is 0 Å². The van der Waals surface area contributed by atoms with E-state index in [0.29, 0.717) is 10.6 Å². The molecule has 0 fully saturated rings. The lowest BCUT2D eigenvalue weighted by atomic mass is 9.98. The van der Waals surface area contributed by atoms with Crippen molar-refractivity contribution in [3.05, 3.63) is 27.8 Å². The summed E-state index contributed by atoms with van der Waals surface area (Å²) in [6, 6.07) is 0.966. The van der Waals surface area contributed by atoms with Crippen LogP contribution >= 0.6 is 11.6 Å². The second kappa shape index (κ2) is 4.17. The molecule has 0 aliphatic heterocycles. The lowest BCUT2D eigenvalue weighted by Gasteiger charge is -2.16. The molecule has 14 heavy (non-hydrogen) atoms. The van der Waals surface area contributed by atoms with Crippen LogP contribution < -0.4 is 5.73 Å². The van der Waals surface area contributed by atoms with Crippen molar-refractivity contribution in [3.63, 3.8) is 0 Å². The standard InChI is InChI=1S/C10H14ClNO2/c1-5-3-8(14)9(7(12)4-13)6(2)10(5)11/h3,7,13-14H,4,12H2,1-2H3/t7-/m0/s1. The van der Waals surface area contributed by atoms with Gasteiger partial charge in [-0.2, -0.15) is 0 Å². The van der Waals surface area contributed by atoms with E-state index in [0.717, 1.165) is 11.1 Å². The molecule has 0 amide bonds. The third-order valence-electron chi connectivity index (χ3n) is 2.28. The largest absolute Gasteiger partial charge is 0.508 e. The van der Waals surface area contributed by atoms with Gasteiger partial charge in [-0.1, -0.05) is 11.6 Å². The maximum Gasteiger partial charge on any atom is 0.121 e. The van der Waals surface area contributed by atoms with Gasteiger partial charge < -0.3 is 15.9 Å². The van der Waals surface area contributed by atoms with E-state index in [1.807, 2.05) is 6.92 Å². The van der Waals surface area contributed by atoms with Gasteiger partial charge in [0.15, 0.2) is 0 Å². The smallest absolute Gasteiger partial charge is 0.121 e. The van der Waals surface area contributed by atoms with Crippen molar-refractivity contribution in [2.75, 3.05) is 6.61 Å². The summed E-state index contributed by atoms with van der Waals surface area (Å²) in [5, 5.41) is 19.2. The molecular formula is C10H14ClNO2. The summed E-state index contributed by atoms with van der Waals surface area (Å²) in [5.74, 6) is 0.0888. The Morgan fingerprint density at radius 2 is 2.07 bits per heavy atom. The van der Waals surface area contributed by atoms with Crippen molar-refractivity contribution in [2.24, 2.45) is 5.73 Å². The van der Waals surface area contributed by atoms with Crippen LogP contribution in [0.25, 0.3) is 0 Å². The van der Waals surface area contributed by atoms with Crippen molar-refractivity contribution in [3.8, 4) is 5.75 Å². The number of benzene rings is 1. The molecule has 0 spiro atoms. The van der Waals surface area contributed by atoms with E-state index in [-0.39, 0.29) is 12.4 Å². The number of aliphatic hydroxyl groups is 1. The highest BCUT2D eigenvalue weighted by Crippen LogP contribution is 2.33. The maximum atomic E-state index is 9.65. The Hall–Kier alpha value is -0.770.